The van der Waals surface area contributed by atoms with Gasteiger partial charge in [0.15, 0.2) is 5.11 Å². The van der Waals surface area contributed by atoms with Crippen molar-refractivity contribution in [3.63, 3.8) is 0 Å². The highest BCUT2D eigenvalue weighted by atomic mass is 32.2. The summed E-state index contributed by atoms with van der Waals surface area (Å²) in [6, 6.07) is 10.4. The van der Waals surface area contributed by atoms with Gasteiger partial charge in [-0.15, -0.1) is 0 Å². The van der Waals surface area contributed by atoms with Gasteiger partial charge in [0.25, 0.3) is 15.9 Å². The summed E-state index contributed by atoms with van der Waals surface area (Å²) in [6.45, 7) is 6.52. The maximum absolute atomic E-state index is 12.8. The number of hydrogen-bond donors (Lipinski definition) is 3. The van der Waals surface area contributed by atoms with Gasteiger partial charge in [-0.2, -0.15) is 0 Å². The quantitative estimate of drug-likeness (QED) is 0.486. The van der Waals surface area contributed by atoms with Crippen molar-refractivity contribution in [2.75, 3.05) is 27.8 Å². The fourth-order valence-electron chi connectivity index (χ4n) is 3.08. The van der Waals surface area contributed by atoms with Crippen molar-refractivity contribution in [3.8, 4) is 11.5 Å². The predicted molar refractivity (Wildman–Crippen MR) is 133 cm³/mol. The fraction of sp³-hybridized carbons (Fsp3) is 0.391. The number of carbonyl (C=O) groups is 1. The molecule has 0 unspecified atom stereocenters. The molecule has 8 nitrogen and oxygen atoms in total. The van der Waals surface area contributed by atoms with E-state index in [4.69, 9.17) is 21.7 Å². The minimum Gasteiger partial charge on any atom is -0.496 e. The number of thiocarbonyl (C=S) groups is 1. The highest BCUT2D eigenvalue weighted by Gasteiger charge is 2.22. The molecule has 0 aliphatic rings. The summed E-state index contributed by atoms with van der Waals surface area (Å²) in [7, 11) is 0.506. The molecule has 0 aliphatic heterocycles. The Morgan fingerprint density at radius 3 is 2.24 bits per heavy atom. The first-order valence-electron chi connectivity index (χ1n) is 10.3. The Morgan fingerprint density at radius 2 is 1.67 bits per heavy atom. The lowest BCUT2D eigenvalue weighted by atomic mass is 9.86. The maximum Gasteiger partial charge on any atom is 0.267 e. The molecular weight excluding hydrogens is 462 g/mol. The first-order chi connectivity index (χ1) is 15.4. The molecule has 10 heteroatoms. The Kier molecular flexibility index (Phi) is 8.68. The molecule has 0 saturated heterocycles. The second kappa shape index (κ2) is 10.8. The molecule has 3 N–H and O–H groups in total. The zero-order valence-electron chi connectivity index (χ0n) is 19.7. The van der Waals surface area contributed by atoms with Crippen molar-refractivity contribution in [1.29, 1.82) is 0 Å². The van der Waals surface area contributed by atoms with E-state index in [1.54, 1.807) is 18.2 Å². The molecule has 0 aliphatic carbocycles. The van der Waals surface area contributed by atoms with Crippen LogP contribution in [-0.2, 0) is 21.9 Å². The number of ether oxygens (including phenoxy) is 2. The van der Waals surface area contributed by atoms with Crippen molar-refractivity contribution in [1.82, 2.24) is 15.4 Å². The van der Waals surface area contributed by atoms with E-state index < -0.39 is 10.0 Å². The third-order valence-corrected chi connectivity index (χ3v) is 6.79. The Hall–Kier alpha value is -2.85. The van der Waals surface area contributed by atoms with Crippen LogP contribution in [0.25, 0.3) is 0 Å². The third kappa shape index (κ3) is 6.82. The largest absolute Gasteiger partial charge is 0.496 e. The van der Waals surface area contributed by atoms with Gasteiger partial charge in [0.1, 0.15) is 16.4 Å². The molecule has 33 heavy (non-hydrogen) atoms. The van der Waals surface area contributed by atoms with Gasteiger partial charge >= 0.3 is 0 Å². The van der Waals surface area contributed by atoms with Gasteiger partial charge in [-0.1, -0.05) is 32.9 Å². The molecule has 2 rings (SSSR count). The topological polar surface area (TPSA) is 106 Å². The van der Waals surface area contributed by atoms with E-state index in [1.165, 1.54) is 27.3 Å². The lowest BCUT2D eigenvalue weighted by molar-refractivity contribution is 0.0951. The van der Waals surface area contributed by atoms with Crippen LogP contribution in [0.15, 0.2) is 41.3 Å². The van der Waals surface area contributed by atoms with E-state index in [0.717, 1.165) is 5.56 Å². The van der Waals surface area contributed by atoms with E-state index in [9.17, 15) is 13.2 Å². The first-order valence-corrected chi connectivity index (χ1v) is 12.2. The van der Waals surface area contributed by atoms with Crippen LogP contribution in [0.1, 0.15) is 42.3 Å². The summed E-state index contributed by atoms with van der Waals surface area (Å²) in [4.78, 5) is 12.8. The van der Waals surface area contributed by atoms with E-state index in [1.807, 2.05) is 12.1 Å². The van der Waals surface area contributed by atoms with Crippen molar-refractivity contribution in [2.45, 2.75) is 37.5 Å². The molecular formula is C23H31N3O5S2. The molecule has 0 bridgehead atoms. The van der Waals surface area contributed by atoms with Crippen molar-refractivity contribution < 1.29 is 22.7 Å². The van der Waals surface area contributed by atoms with Crippen LogP contribution in [0.3, 0.4) is 0 Å². The number of methoxy groups -OCH3 is 2. The van der Waals surface area contributed by atoms with Crippen LogP contribution >= 0.6 is 12.2 Å². The van der Waals surface area contributed by atoms with Crippen molar-refractivity contribution in [2.24, 2.45) is 0 Å². The van der Waals surface area contributed by atoms with Gasteiger partial charge < -0.3 is 20.1 Å². The smallest absolute Gasteiger partial charge is 0.267 e. The van der Waals surface area contributed by atoms with E-state index in [0.29, 0.717) is 29.8 Å². The molecule has 0 spiro atoms. The van der Waals surface area contributed by atoms with Gasteiger partial charge in [0.2, 0.25) is 0 Å². The molecule has 0 fully saturated rings. The summed E-state index contributed by atoms with van der Waals surface area (Å²) in [5, 5.41) is 5.43. The fourth-order valence-corrected chi connectivity index (χ4v) is 4.59. The molecule has 0 atom stereocenters. The molecule has 1 amide bonds. The SMILES string of the molecule is CNC(=S)NS(=O)(=O)c1cc(CCNC(=O)c2cc(C(C)(C)C)ccc2OC)ccc1OC. The van der Waals surface area contributed by atoms with Gasteiger partial charge in [-0.3, -0.25) is 9.52 Å². The van der Waals surface area contributed by atoms with Crippen LogP contribution in [0, 0.1) is 0 Å². The average molecular weight is 494 g/mol. The molecule has 0 heterocycles. The molecule has 0 saturated carbocycles. The van der Waals surface area contributed by atoms with E-state index in [2.05, 4.69) is 36.1 Å². The second-order valence-electron chi connectivity index (χ2n) is 8.34. The lowest BCUT2D eigenvalue weighted by Crippen LogP contribution is -2.37. The Labute approximate surface area is 201 Å². The number of nitrogens with one attached hydrogen (secondary N) is 3. The summed E-state index contributed by atoms with van der Waals surface area (Å²) in [6.07, 6.45) is 0.413. The second-order valence-corrected chi connectivity index (χ2v) is 10.4. The van der Waals surface area contributed by atoms with Crippen LogP contribution < -0.4 is 24.8 Å². The van der Waals surface area contributed by atoms with E-state index in [-0.39, 0.29) is 27.1 Å². The molecule has 0 aromatic heterocycles. The Morgan fingerprint density at radius 1 is 1.03 bits per heavy atom. The first kappa shape index (κ1) is 26.4. The van der Waals surface area contributed by atoms with Crippen LogP contribution in [0.4, 0.5) is 0 Å². The van der Waals surface area contributed by atoms with Crippen LogP contribution in [0.5, 0.6) is 11.5 Å². The van der Waals surface area contributed by atoms with Crippen LogP contribution in [0.2, 0.25) is 0 Å². The predicted octanol–water partition coefficient (Wildman–Crippen LogP) is 2.76. The van der Waals surface area contributed by atoms with Crippen LogP contribution in [-0.4, -0.2) is 47.2 Å². The standard InChI is InChI=1S/C23H31N3O5S2/c1-23(2,3)16-8-10-18(30-5)17(14-16)21(27)25-12-11-15-7-9-19(31-6)20(13-15)33(28,29)26-22(32)24-4/h7-10,13-14H,11-12H2,1-6H3,(H,25,27)(H2,24,26,32). The monoisotopic (exact) mass is 493 g/mol. The zero-order valence-corrected chi connectivity index (χ0v) is 21.4. The minimum absolute atomic E-state index is 0.0267. The summed E-state index contributed by atoms with van der Waals surface area (Å²) in [5.41, 5.74) is 2.07. The number of rotatable bonds is 8. The summed E-state index contributed by atoms with van der Waals surface area (Å²) >= 11 is 4.91. The Bertz CT molecular complexity index is 1130. The number of hydrogen-bond acceptors (Lipinski definition) is 6. The number of sulfonamides is 1. The summed E-state index contributed by atoms with van der Waals surface area (Å²) < 4.78 is 38.2. The van der Waals surface area contributed by atoms with Gasteiger partial charge in [0, 0.05) is 13.6 Å². The number of carbonyl (C=O) groups excluding carboxylic acids is 1. The molecule has 0 radical (unpaired) electrons. The van der Waals surface area contributed by atoms with Crippen molar-refractivity contribution in [3.05, 3.63) is 53.1 Å². The zero-order chi connectivity index (χ0) is 24.8. The van der Waals surface area contributed by atoms with Gasteiger partial charge in [-0.25, -0.2) is 8.42 Å². The summed E-state index contributed by atoms with van der Waals surface area (Å²) in [5.74, 6) is 0.420. The van der Waals surface area contributed by atoms with E-state index >= 15 is 0 Å². The highest BCUT2D eigenvalue weighted by Crippen LogP contribution is 2.28. The van der Waals surface area contributed by atoms with Gasteiger partial charge in [-0.05, 0) is 59.4 Å². The molecule has 2 aromatic carbocycles. The molecule has 180 valence electrons. The average Bonchev–Trinajstić information content (AvgIpc) is 2.77. The third-order valence-electron chi connectivity index (χ3n) is 4.98. The van der Waals surface area contributed by atoms with Crippen molar-refractivity contribution >= 4 is 33.3 Å². The lowest BCUT2D eigenvalue weighted by Gasteiger charge is -2.21. The number of amides is 1. The minimum atomic E-state index is -3.93. The highest BCUT2D eigenvalue weighted by molar-refractivity contribution is 7.92. The molecule has 2 aromatic rings. The number of benzene rings is 2. The van der Waals surface area contributed by atoms with Gasteiger partial charge in [0.05, 0.1) is 19.8 Å². The normalized spacial score (nSPS) is 11.5. The maximum atomic E-state index is 12.8. The Balaban J connectivity index is 2.18.